The number of pyridine rings is 1. The van der Waals surface area contributed by atoms with Gasteiger partial charge in [-0.15, -0.1) is 0 Å². The molecule has 0 bridgehead atoms. The number of aryl methyl sites for hydroxylation is 1. The summed E-state index contributed by atoms with van der Waals surface area (Å²) in [5.74, 6) is 0. The number of aromatic nitrogens is 1. The van der Waals surface area contributed by atoms with Gasteiger partial charge in [0.15, 0.2) is 0 Å². The third-order valence-corrected chi connectivity index (χ3v) is 5.35. The van der Waals surface area contributed by atoms with Gasteiger partial charge in [-0.2, -0.15) is 4.57 Å². The standard InChI is InChI=1S/C26H20N/c1-27-24-17-9-7-15-22(24)26(23-16-8-10-18-25(23)27)21-14-6-5-13-20(21)19-11-3-2-4-12-19/h2-18H,1H3/q+1. The number of benzene rings is 4. The molecule has 0 radical (unpaired) electrons. The zero-order valence-corrected chi connectivity index (χ0v) is 15.3. The Morgan fingerprint density at radius 2 is 0.963 bits per heavy atom. The van der Waals surface area contributed by atoms with E-state index in [-0.39, 0.29) is 0 Å². The van der Waals surface area contributed by atoms with Gasteiger partial charge in [0.25, 0.3) is 0 Å². The fraction of sp³-hybridized carbons (Fsp3) is 0.0385. The summed E-state index contributed by atoms with van der Waals surface area (Å²) in [6.45, 7) is 0. The van der Waals surface area contributed by atoms with Crippen LogP contribution in [0.2, 0.25) is 0 Å². The number of fused-ring (bicyclic) bond motifs is 2. The van der Waals surface area contributed by atoms with E-state index in [1.54, 1.807) is 0 Å². The number of hydrogen-bond acceptors (Lipinski definition) is 0. The Morgan fingerprint density at radius 1 is 0.481 bits per heavy atom. The van der Waals surface area contributed by atoms with E-state index < -0.39 is 0 Å². The van der Waals surface area contributed by atoms with Gasteiger partial charge in [0.2, 0.25) is 11.0 Å². The maximum atomic E-state index is 2.29. The molecule has 0 N–H and O–H groups in total. The summed E-state index contributed by atoms with van der Waals surface area (Å²) in [4.78, 5) is 0. The normalized spacial score (nSPS) is 11.1. The second kappa shape index (κ2) is 6.37. The van der Waals surface area contributed by atoms with Gasteiger partial charge in [-0.05, 0) is 28.8 Å². The quantitative estimate of drug-likeness (QED) is 0.266. The van der Waals surface area contributed by atoms with Crippen LogP contribution >= 0.6 is 0 Å². The molecular formula is C26H20N+. The summed E-state index contributed by atoms with van der Waals surface area (Å²) in [6, 6.07) is 36.8. The molecule has 0 aliphatic rings. The van der Waals surface area contributed by atoms with E-state index in [0.717, 1.165) is 0 Å². The Labute approximate surface area is 159 Å². The highest BCUT2D eigenvalue weighted by atomic mass is 14.9. The molecule has 0 unspecified atom stereocenters. The summed E-state index contributed by atoms with van der Waals surface area (Å²) in [5.41, 5.74) is 7.58. The van der Waals surface area contributed by atoms with Crippen molar-refractivity contribution in [2.24, 2.45) is 7.05 Å². The minimum atomic E-state index is 1.24. The lowest BCUT2D eigenvalue weighted by Crippen LogP contribution is -2.30. The van der Waals surface area contributed by atoms with Gasteiger partial charge in [-0.25, -0.2) is 0 Å². The molecule has 0 amide bonds. The number of nitrogens with zero attached hydrogens (tertiary/aromatic N) is 1. The van der Waals surface area contributed by atoms with Gasteiger partial charge in [0.05, 0.1) is 10.8 Å². The molecule has 0 saturated carbocycles. The van der Waals surface area contributed by atoms with Crippen LogP contribution in [0.1, 0.15) is 0 Å². The van der Waals surface area contributed by atoms with Crippen molar-refractivity contribution in [2.75, 3.05) is 0 Å². The summed E-state index contributed by atoms with van der Waals surface area (Å²) in [5, 5.41) is 2.56. The molecule has 1 aromatic heterocycles. The molecule has 1 nitrogen and oxygen atoms in total. The molecule has 0 atom stereocenters. The number of para-hydroxylation sites is 2. The summed E-state index contributed by atoms with van der Waals surface area (Å²) < 4.78 is 2.29. The van der Waals surface area contributed by atoms with Crippen LogP contribution in [-0.4, -0.2) is 0 Å². The second-order valence-corrected chi connectivity index (χ2v) is 6.88. The first kappa shape index (κ1) is 15.8. The smallest absolute Gasteiger partial charge is 0.194 e. The van der Waals surface area contributed by atoms with E-state index in [1.165, 1.54) is 44.1 Å². The van der Waals surface area contributed by atoms with Crippen molar-refractivity contribution in [3.8, 4) is 22.3 Å². The minimum absolute atomic E-state index is 1.24. The zero-order chi connectivity index (χ0) is 18.2. The van der Waals surface area contributed by atoms with Crippen molar-refractivity contribution in [1.29, 1.82) is 0 Å². The van der Waals surface area contributed by atoms with Crippen LogP contribution in [0.15, 0.2) is 103 Å². The van der Waals surface area contributed by atoms with E-state index in [9.17, 15) is 0 Å². The van der Waals surface area contributed by atoms with Crippen LogP contribution in [-0.2, 0) is 7.05 Å². The Balaban J connectivity index is 1.96. The highest BCUT2D eigenvalue weighted by molar-refractivity contribution is 6.09. The molecule has 4 aromatic carbocycles. The van der Waals surface area contributed by atoms with E-state index in [1.807, 2.05) is 0 Å². The second-order valence-electron chi connectivity index (χ2n) is 6.88. The maximum Gasteiger partial charge on any atom is 0.213 e. The van der Waals surface area contributed by atoms with Crippen LogP contribution < -0.4 is 4.57 Å². The van der Waals surface area contributed by atoms with Crippen LogP contribution in [0, 0.1) is 0 Å². The Morgan fingerprint density at radius 3 is 1.59 bits per heavy atom. The molecule has 5 rings (SSSR count). The van der Waals surface area contributed by atoms with Gasteiger partial charge in [-0.1, -0.05) is 78.9 Å². The average molecular weight is 346 g/mol. The molecule has 0 aliphatic heterocycles. The molecule has 0 saturated heterocycles. The average Bonchev–Trinajstić information content (AvgIpc) is 2.75. The largest absolute Gasteiger partial charge is 0.213 e. The van der Waals surface area contributed by atoms with Crippen molar-refractivity contribution in [3.63, 3.8) is 0 Å². The van der Waals surface area contributed by atoms with Crippen molar-refractivity contribution in [1.82, 2.24) is 0 Å². The lowest BCUT2D eigenvalue weighted by molar-refractivity contribution is -0.617. The van der Waals surface area contributed by atoms with E-state index in [2.05, 4.69) is 115 Å². The molecule has 27 heavy (non-hydrogen) atoms. The Kier molecular flexibility index (Phi) is 3.72. The fourth-order valence-electron chi connectivity index (χ4n) is 4.09. The fourth-order valence-corrected chi connectivity index (χ4v) is 4.09. The third-order valence-electron chi connectivity index (χ3n) is 5.35. The lowest BCUT2D eigenvalue weighted by atomic mass is 9.90. The molecule has 5 aromatic rings. The third kappa shape index (κ3) is 2.51. The SMILES string of the molecule is C[n+]1c2ccccc2c(-c2ccccc2-c2ccccc2)c2ccccc21. The monoisotopic (exact) mass is 346 g/mol. The van der Waals surface area contributed by atoms with Crippen molar-refractivity contribution >= 4 is 21.8 Å². The summed E-state index contributed by atoms with van der Waals surface area (Å²) >= 11 is 0. The molecule has 1 heteroatoms. The van der Waals surface area contributed by atoms with Gasteiger partial charge >= 0.3 is 0 Å². The first-order valence-corrected chi connectivity index (χ1v) is 9.29. The predicted octanol–water partition coefficient (Wildman–Crippen LogP) is 6.15. The van der Waals surface area contributed by atoms with Crippen LogP contribution in [0.25, 0.3) is 44.1 Å². The van der Waals surface area contributed by atoms with Crippen LogP contribution in [0.3, 0.4) is 0 Å². The summed E-state index contributed by atoms with van der Waals surface area (Å²) in [6.07, 6.45) is 0. The molecule has 1 heterocycles. The van der Waals surface area contributed by atoms with E-state index in [0.29, 0.717) is 0 Å². The number of hydrogen-bond donors (Lipinski definition) is 0. The highest BCUT2D eigenvalue weighted by Crippen LogP contribution is 2.39. The number of rotatable bonds is 2. The molecule has 0 spiro atoms. The first-order chi connectivity index (χ1) is 13.3. The van der Waals surface area contributed by atoms with Crippen molar-refractivity contribution in [3.05, 3.63) is 103 Å². The van der Waals surface area contributed by atoms with E-state index in [4.69, 9.17) is 0 Å². The van der Waals surface area contributed by atoms with Gasteiger partial charge < -0.3 is 0 Å². The molecule has 128 valence electrons. The first-order valence-electron chi connectivity index (χ1n) is 9.29. The molecule has 0 fully saturated rings. The van der Waals surface area contributed by atoms with Gasteiger partial charge in [-0.3, -0.25) is 0 Å². The van der Waals surface area contributed by atoms with Crippen LogP contribution in [0.4, 0.5) is 0 Å². The topological polar surface area (TPSA) is 3.88 Å². The molecule has 0 aliphatic carbocycles. The van der Waals surface area contributed by atoms with Crippen LogP contribution in [0.5, 0.6) is 0 Å². The Hall–Kier alpha value is -3.45. The zero-order valence-electron chi connectivity index (χ0n) is 15.3. The van der Waals surface area contributed by atoms with Gasteiger partial charge in [0.1, 0.15) is 7.05 Å². The Bertz CT molecular complexity index is 1210. The highest BCUT2D eigenvalue weighted by Gasteiger charge is 2.20. The van der Waals surface area contributed by atoms with Crippen molar-refractivity contribution < 1.29 is 4.57 Å². The van der Waals surface area contributed by atoms with Gasteiger partial charge in [0, 0.05) is 17.7 Å². The van der Waals surface area contributed by atoms with Crippen molar-refractivity contribution in [2.45, 2.75) is 0 Å². The molecular weight excluding hydrogens is 326 g/mol. The summed E-state index contributed by atoms with van der Waals surface area (Å²) in [7, 11) is 2.15. The predicted molar refractivity (Wildman–Crippen MR) is 114 cm³/mol. The lowest BCUT2D eigenvalue weighted by Gasteiger charge is -2.14. The maximum absolute atomic E-state index is 2.29. The van der Waals surface area contributed by atoms with E-state index >= 15 is 0 Å². The minimum Gasteiger partial charge on any atom is -0.194 e.